The van der Waals surface area contributed by atoms with Crippen molar-refractivity contribution < 1.29 is 14.7 Å². The summed E-state index contributed by atoms with van der Waals surface area (Å²) in [5.74, 6) is 5.03. The smallest absolute Gasteiger partial charge is 0.270 e. The zero-order valence-corrected chi connectivity index (χ0v) is 17.0. The lowest BCUT2D eigenvalue weighted by molar-refractivity contribution is 0.0941. The number of nitrogen functional groups attached to an aromatic ring is 1. The lowest BCUT2D eigenvalue weighted by Crippen LogP contribution is -2.32. The second-order valence-electron chi connectivity index (χ2n) is 7.10. The van der Waals surface area contributed by atoms with E-state index in [1.54, 1.807) is 36.7 Å². The lowest BCUT2D eigenvalue weighted by Gasteiger charge is -2.20. The Morgan fingerprint density at radius 1 is 1.28 bits per heavy atom. The standard InChI is InChI=1S/C21H22N8O3/c22-29-20(32)16-10-25-21(26-14-3-4-15-12(8-14)5-7-24-19(15)31)28-18(16)27-17(11-30)13-2-1-6-23-9-13/h1-4,6,8-10,17,30H,5,7,11,22H2,(H,24,31)(H,29,32)(H2,25,26,27,28)/t17-/m1/s1. The topological polar surface area (TPSA) is 167 Å². The summed E-state index contributed by atoms with van der Waals surface area (Å²) in [5.41, 5.74) is 5.16. The van der Waals surface area contributed by atoms with Crippen LogP contribution in [-0.4, -0.2) is 45.0 Å². The van der Waals surface area contributed by atoms with Crippen molar-refractivity contribution in [3.8, 4) is 0 Å². The molecule has 0 aliphatic carbocycles. The number of carbonyl (C=O) groups excluding carboxylic acids is 2. The van der Waals surface area contributed by atoms with Crippen molar-refractivity contribution in [1.29, 1.82) is 0 Å². The highest BCUT2D eigenvalue weighted by atomic mass is 16.3. The summed E-state index contributed by atoms with van der Waals surface area (Å²) in [5, 5.41) is 18.8. The maximum Gasteiger partial charge on any atom is 0.270 e. The van der Waals surface area contributed by atoms with E-state index in [0.29, 0.717) is 17.8 Å². The van der Waals surface area contributed by atoms with Crippen LogP contribution < -0.4 is 27.2 Å². The van der Waals surface area contributed by atoms with E-state index >= 15 is 0 Å². The van der Waals surface area contributed by atoms with Gasteiger partial charge in [-0.05, 0) is 41.8 Å². The molecule has 11 heteroatoms. The van der Waals surface area contributed by atoms with Crippen LogP contribution in [0.15, 0.2) is 48.9 Å². The van der Waals surface area contributed by atoms with Gasteiger partial charge in [-0.15, -0.1) is 0 Å². The molecule has 0 fully saturated rings. The summed E-state index contributed by atoms with van der Waals surface area (Å²) in [6.45, 7) is 0.328. The van der Waals surface area contributed by atoms with Crippen molar-refractivity contribution >= 4 is 29.3 Å². The molecule has 1 aliphatic heterocycles. The van der Waals surface area contributed by atoms with Crippen LogP contribution in [0.1, 0.15) is 37.9 Å². The number of amides is 2. The van der Waals surface area contributed by atoms with Gasteiger partial charge in [0.1, 0.15) is 11.4 Å². The van der Waals surface area contributed by atoms with Gasteiger partial charge in [-0.2, -0.15) is 4.98 Å². The van der Waals surface area contributed by atoms with Crippen LogP contribution in [0, 0.1) is 0 Å². The summed E-state index contributed by atoms with van der Waals surface area (Å²) in [6, 6.07) is 8.36. The molecule has 164 valence electrons. The van der Waals surface area contributed by atoms with Crippen molar-refractivity contribution in [3.05, 3.63) is 71.2 Å². The first-order chi connectivity index (χ1) is 15.6. The molecule has 11 nitrogen and oxygen atoms in total. The molecular weight excluding hydrogens is 412 g/mol. The fraction of sp³-hybridized carbons (Fsp3) is 0.190. The van der Waals surface area contributed by atoms with Gasteiger partial charge >= 0.3 is 0 Å². The summed E-state index contributed by atoms with van der Waals surface area (Å²) >= 11 is 0. The zero-order chi connectivity index (χ0) is 22.5. The van der Waals surface area contributed by atoms with Gasteiger partial charge in [0, 0.05) is 36.4 Å². The molecule has 0 bridgehead atoms. The highest BCUT2D eigenvalue weighted by molar-refractivity contribution is 5.98. The summed E-state index contributed by atoms with van der Waals surface area (Å²) in [4.78, 5) is 36.8. The Hall–Kier alpha value is -4.09. The highest BCUT2D eigenvalue weighted by Gasteiger charge is 2.20. The van der Waals surface area contributed by atoms with Crippen molar-refractivity contribution in [2.75, 3.05) is 23.8 Å². The molecule has 3 aromatic rings. The highest BCUT2D eigenvalue weighted by Crippen LogP contribution is 2.24. The Balaban J connectivity index is 1.63. The molecular formula is C21H22N8O3. The third-order valence-corrected chi connectivity index (χ3v) is 5.03. The lowest BCUT2D eigenvalue weighted by atomic mass is 10.00. The molecule has 3 heterocycles. The minimum absolute atomic E-state index is 0.0943. The zero-order valence-electron chi connectivity index (χ0n) is 17.0. The largest absolute Gasteiger partial charge is 0.394 e. The molecule has 1 aliphatic rings. The number of carbonyl (C=O) groups is 2. The average Bonchev–Trinajstić information content (AvgIpc) is 2.83. The van der Waals surface area contributed by atoms with Crippen LogP contribution in [0.5, 0.6) is 0 Å². The second kappa shape index (κ2) is 9.37. The monoisotopic (exact) mass is 434 g/mol. The first-order valence-electron chi connectivity index (χ1n) is 9.92. The molecule has 4 rings (SSSR count). The van der Waals surface area contributed by atoms with E-state index < -0.39 is 11.9 Å². The Morgan fingerprint density at radius 2 is 2.16 bits per heavy atom. The number of anilines is 3. The first kappa shape index (κ1) is 21.2. The van der Waals surface area contributed by atoms with E-state index in [4.69, 9.17) is 5.84 Å². The number of hydrogen-bond donors (Lipinski definition) is 6. The quantitative estimate of drug-likeness (QED) is 0.178. The van der Waals surface area contributed by atoms with E-state index in [0.717, 1.165) is 17.5 Å². The van der Waals surface area contributed by atoms with Gasteiger partial charge in [0.25, 0.3) is 11.8 Å². The number of nitrogens with two attached hydrogens (primary N) is 1. The molecule has 32 heavy (non-hydrogen) atoms. The number of hydrogen-bond acceptors (Lipinski definition) is 9. The van der Waals surface area contributed by atoms with Crippen molar-refractivity contribution in [1.82, 2.24) is 25.7 Å². The van der Waals surface area contributed by atoms with Crippen molar-refractivity contribution in [3.63, 3.8) is 0 Å². The van der Waals surface area contributed by atoms with Gasteiger partial charge in [0.15, 0.2) is 0 Å². The summed E-state index contributed by atoms with van der Waals surface area (Å²) < 4.78 is 0. The van der Waals surface area contributed by atoms with Crippen LogP contribution in [-0.2, 0) is 6.42 Å². The number of pyridine rings is 1. The first-order valence-corrected chi connectivity index (χ1v) is 9.92. The Bertz CT molecular complexity index is 1140. The third kappa shape index (κ3) is 4.48. The van der Waals surface area contributed by atoms with Gasteiger partial charge in [0.05, 0.1) is 12.6 Å². The number of hydrazine groups is 1. The molecule has 1 aromatic carbocycles. The van der Waals surface area contributed by atoms with Crippen LogP contribution in [0.4, 0.5) is 17.5 Å². The number of aliphatic hydroxyl groups is 1. The molecule has 0 radical (unpaired) electrons. The Morgan fingerprint density at radius 3 is 2.91 bits per heavy atom. The predicted octanol–water partition coefficient (Wildman–Crippen LogP) is 0.650. The fourth-order valence-electron chi connectivity index (χ4n) is 3.41. The normalized spacial score (nSPS) is 13.5. The third-order valence-electron chi connectivity index (χ3n) is 5.03. The molecule has 0 saturated heterocycles. The molecule has 0 saturated carbocycles. The fourth-order valence-corrected chi connectivity index (χ4v) is 3.41. The van der Waals surface area contributed by atoms with Gasteiger partial charge in [-0.3, -0.25) is 20.0 Å². The average molecular weight is 434 g/mol. The number of aromatic nitrogens is 3. The van der Waals surface area contributed by atoms with Gasteiger partial charge in [-0.25, -0.2) is 10.8 Å². The predicted molar refractivity (Wildman–Crippen MR) is 117 cm³/mol. The van der Waals surface area contributed by atoms with Gasteiger partial charge in [0.2, 0.25) is 5.95 Å². The Labute approximate surface area is 183 Å². The minimum Gasteiger partial charge on any atom is -0.394 e. The van der Waals surface area contributed by atoms with E-state index in [2.05, 4.69) is 36.3 Å². The van der Waals surface area contributed by atoms with Crippen molar-refractivity contribution in [2.24, 2.45) is 5.84 Å². The van der Waals surface area contributed by atoms with Gasteiger partial charge < -0.3 is 21.1 Å². The van der Waals surface area contributed by atoms with E-state index in [-0.39, 0.29) is 29.8 Å². The SMILES string of the molecule is NNC(=O)c1cnc(Nc2ccc3c(c2)CCNC3=O)nc1N[C@H](CO)c1cccnc1. The summed E-state index contributed by atoms with van der Waals surface area (Å²) in [7, 11) is 0. The molecule has 2 aromatic heterocycles. The second-order valence-corrected chi connectivity index (χ2v) is 7.10. The number of benzene rings is 1. The van der Waals surface area contributed by atoms with Crippen LogP contribution >= 0.6 is 0 Å². The van der Waals surface area contributed by atoms with Gasteiger partial charge in [-0.1, -0.05) is 6.07 Å². The molecule has 2 amide bonds. The minimum atomic E-state index is -0.582. The van der Waals surface area contributed by atoms with Crippen molar-refractivity contribution in [2.45, 2.75) is 12.5 Å². The maximum absolute atomic E-state index is 12.2. The van der Waals surface area contributed by atoms with Crippen LogP contribution in [0.2, 0.25) is 0 Å². The van der Waals surface area contributed by atoms with E-state index in [1.807, 2.05) is 6.07 Å². The number of nitrogens with zero attached hydrogens (tertiary/aromatic N) is 3. The number of aliphatic hydroxyl groups excluding tert-OH is 1. The maximum atomic E-state index is 12.2. The Kier molecular flexibility index (Phi) is 6.19. The number of nitrogens with one attached hydrogen (secondary N) is 4. The van der Waals surface area contributed by atoms with E-state index in [1.165, 1.54) is 6.20 Å². The van der Waals surface area contributed by atoms with Crippen LogP contribution in [0.25, 0.3) is 0 Å². The number of rotatable bonds is 7. The number of fused-ring (bicyclic) bond motifs is 1. The molecule has 1 atom stereocenters. The molecule has 0 unspecified atom stereocenters. The molecule has 0 spiro atoms. The van der Waals surface area contributed by atoms with E-state index in [9.17, 15) is 14.7 Å². The molecule has 7 N–H and O–H groups in total. The summed E-state index contributed by atoms with van der Waals surface area (Å²) in [6.07, 6.45) is 5.30. The van der Waals surface area contributed by atoms with Crippen LogP contribution in [0.3, 0.4) is 0 Å².